The third-order valence-electron chi connectivity index (χ3n) is 4.89. The van der Waals surface area contributed by atoms with Crippen LogP contribution in [-0.4, -0.2) is 53.5 Å². The molecule has 1 fully saturated rings. The Balaban J connectivity index is 1.45. The summed E-state index contributed by atoms with van der Waals surface area (Å²) >= 11 is 5.54. The van der Waals surface area contributed by atoms with Gasteiger partial charge < -0.3 is 15.5 Å². The number of carbonyl (C=O) groups is 1. The highest BCUT2D eigenvalue weighted by atomic mass is 32.1. The van der Waals surface area contributed by atoms with Crippen LogP contribution in [0.5, 0.6) is 0 Å². The van der Waals surface area contributed by atoms with E-state index in [4.69, 9.17) is 12.2 Å². The summed E-state index contributed by atoms with van der Waals surface area (Å²) < 4.78 is 13.2. The largest absolute Gasteiger partial charge is 0.346 e. The number of thiocarbonyl (C=S) groups is 1. The van der Waals surface area contributed by atoms with Crippen LogP contribution < -0.4 is 10.6 Å². The number of nitrogens with zero attached hydrogens (tertiary/aromatic N) is 2. The minimum atomic E-state index is -0.365. The Morgan fingerprint density at radius 1 is 1.00 bits per heavy atom. The van der Waals surface area contributed by atoms with Gasteiger partial charge in [0.05, 0.1) is 6.54 Å². The molecular formula is C21H25FN4OS. The van der Waals surface area contributed by atoms with Gasteiger partial charge in [-0.3, -0.25) is 9.69 Å². The molecule has 0 spiro atoms. The summed E-state index contributed by atoms with van der Waals surface area (Å²) in [7, 11) is 0. The van der Waals surface area contributed by atoms with Gasteiger partial charge in [0, 0.05) is 37.6 Å². The molecule has 0 radical (unpaired) electrons. The van der Waals surface area contributed by atoms with E-state index in [1.54, 1.807) is 12.1 Å². The summed E-state index contributed by atoms with van der Waals surface area (Å²) in [6.07, 6.45) is 0. The Morgan fingerprint density at radius 2 is 1.71 bits per heavy atom. The zero-order valence-corrected chi connectivity index (χ0v) is 17.0. The van der Waals surface area contributed by atoms with E-state index in [1.807, 2.05) is 6.07 Å². The van der Waals surface area contributed by atoms with Gasteiger partial charge >= 0.3 is 0 Å². The first-order valence-corrected chi connectivity index (χ1v) is 9.72. The van der Waals surface area contributed by atoms with Crippen LogP contribution in [0.3, 0.4) is 0 Å². The van der Waals surface area contributed by atoms with Crippen molar-refractivity contribution in [3.63, 3.8) is 0 Å². The number of rotatable bonds is 4. The fourth-order valence-electron chi connectivity index (χ4n) is 3.10. The molecular weight excluding hydrogens is 375 g/mol. The Morgan fingerprint density at radius 3 is 2.39 bits per heavy atom. The molecule has 1 aliphatic heterocycles. The molecule has 5 nitrogen and oxygen atoms in total. The summed E-state index contributed by atoms with van der Waals surface area (Å²) in [6, 6.07) is 12.1. The molecule has 1 saturated heterocycles. The number of piperazine rings is 1. The fraction of sp³-hybridized carbons (Fsp3) is 0.333. The van der Waals surface area contributed by atoms with Crippen molar-refractivity contribution in [1.29, 1.82) is 0 Å². The van der Waals surface area contributed by atoms with Crippen LogP contribution in [0.15, 0.2) is 42.5 Å². The fourth-order valence-corrected chi connectivity index (χ4v) is 3.40. The number of hydrogen-bond donors (Lipinski definition) is 2. The molecule has 3 rings (SSSR count). The summed E-state index contributed by atoms with van der Waals surface area (Å²) in [5.74, 6) is -0.508. The lowest BCUT2D eigenvalue weighted by molar-refractivity contribution is -0.117. The van der Waals surface area contributed by atoms with Crippen molar-refractivity contribution in [3.8, 4) is 0 Å². The molecule has 2 N–H and O–H groups in total. The Kier molecular flexibility index (Phi) is 6.59. The van der Waals surface area contributed by atoms with Crippen molar-refractivity contribution in [2.75, 3.05) is 43.4 Å². The van der Waals surface area contributed by atoms with Gasteiger partial charge in [-0.05, 0) is 67.5 Å². The maximum atomic E-state index is 13.2. The number of anilines is 2. The van der Waals surface area contributed by atoms with Crippen molar-refractivity contribution in [3.05, 3.63) is 59.4 Å². The van der Waals surface area contributed by atoms with Gasteiger partial charge in [-0.15, -0.1) is 0 Å². The maximum absolute atomic E-state index is 13.2. The van der Waals surface area contributed by atoms with Gasteiger partial charge in [-0.2, -0.15) is 0 Å². The first kappa shape index (κ1) is 20.2. The van der Waals surface area contributed by atoms with Crippen molar-refractivity contribution in [2.24, 2.45) is 0 Å². The van der Waals surface area contributed by atoms with Crippen molar-refractivity contribution in [2.45, 2.75) is 13.8 Å². The third kappa shape index (κ3) is 5.50. The van der Waals surface area contributed by atoms with Gasteiger partial charge in [-0.25, -0.2) is 4.39 Å². The number of aryl methyl sites for hydroxylation is 2. The smallest absolute Gasteiger partial charge is 0.238 e. The van der Waals surface area contributed by atoms with E-state index in [0.717, 1.165) is 31.9 Å². The lowest BCUT2D eigenvalue weighted by Gasteiger charge is -2.35. The number of halogens is 1. The average Bonchev–Trinajstić information content (AvgIpc) is 2.65. The van der Waals surface area contributed by atoms with Crippen LogP contribution >= 0.6 is 12.2 Å². The Hall–Kier alpha value is -2.51. The summed E-state index contributed by atoms with van der Waals surface area (Å²) in [6.45, 7) is 7.44. The SMILES string of the molecule is Cc1ccc(NC(=S)N2CCN(CC(=O)Nc3cccc(F)c3)CC2)cc1C. The quantitative estimate of drug-likeness (QED) is 0.771. The van der Waals surface area contributed by atoms with Gasteiger partial charge in [0.25, 0.3) is 0 Å². The minimum absolute atomic E-state index is 0.144. The first-order chi connectivity index (χ1) is 13.4. The molecule has 0 atom stereocenters. The highest BCUT2D eigenvalue weighted by Crippen LogP contribution is 2.15. The molecule has 2 aromatic carbocycles. The lowest BCUT2D eigenvalue weighted by Crippen LogP contribution is -2.51. The van der Waals surface area contributed by atoms with E-state index in [1.165, 1.54) is 23.3 Å². The Bertz CT molecular complexity index is 865. The van der Waals surface area contributed by atoms with Crippen molar-refractivity contribution < 1.29 is 9.18 Å². The molecule has 0 saturated carbocycles. The van der Waals surface area contributed by atoms with Crippen LogP contribution in [0.4, 0.5) is 15.8 Å². The monoisotopic (exact) mass is 400 g/mol. The number of hydrogen-bond acceptors (Lipinski definition) is 3. The van der Waals surface area contributed by atoms with Crippen LogP contribution in [0.1, 0.15) is 11.1 Å². The number of carbonyl (C=O) groups excluding carboxylic acids is 1. The van der Waals surface area contributed by atoms with E-state index in [-0.39, 0.29) is 18.3 Å². The molecule has 7 heteroatoms. The summed E-state index contributed by atoms with van der Waals surface area (Å²) in [4.78, 5) is 16.4. The number of benzene rings is 2. The second kappa shape index (κ2) is 9.12. The van der Waals surface area contributed by atoms with Gasteiger partial charge in [0.1, 0.15) is 5.82 Å². The summed E-state index contributed by atoms with van der Waals surface area (Å²) in [5, 5.41) is 6.73. The van der Waals surface area contributed by atoms with Crippen LogP contribution in [0.25, 0.3) is 0 Å². The first-order valence-electron chi connectivity index (χ1n) is 9.31. The number of amides is 1. The van der Waals surface area contributed by atoms with Crippen LogP contribution in [0.2, 0.25) is 0 Å². The standard InChI is InChI=1S/C21H25FN4OS/c1-15-6-7-19(12-16(15)2)24-21(28)26-10-8-25(9-11-26)14-20(27)23-18-5-3-4-17(22)13-18/h3-7,12-13H,8-11,14H2,1-2H3,(H,23,27)(H,24,28). The number of nitrogens with one attached hydrogen (secondary N) is 2. The van der Waals surface area contributed by atoms with E-state index in [0.29, 0.717) is 10.8 Å². The van der Waals surface area contributed by atoms with E-state index in [9.17, 15) is 9.18 Å². The van der Waals surface area contributed by atoms with Crippen LogP contribution in [0, 0.1) is 19.7 Å². The molecule has 1 aliphatic rings. The van der Waals surface area contributed by atoms with E-state index < -0.39 is 0 Å². The Labute approximate surface area is 170 Å². The molecule has 1 heterocycles. The van der Waals surface area contributed by atoms with Crippen molar-refractivity contribution >= 4 is 34.6 Å². The molecule has 0 unspecified atom stereocenters. The second-order valence-corrected chi connectivity index (χ2v) is 7.44. The highest BCUT2D eigenvalue weighted by molar-refractivity contribution is 7.80. The predicted molar refractivity (Wildman–Crippen MR) is 115 cm³/mol. The minimum Gasteiger partial charge on any atom is -0.346 e. The molecule has 28 heavy (non-hydrogen) atoms. The molecule has 0 bridgehead atoms. The lowest BCUT2D eigenvalue weighted by atomic mass is 10.1. The highest BCUT2D eigenvalue weighted by Gasteiger charge is 2.20. The normalized spacial score (nSPS) is 14.6. The molecule has 148 valence electrons. The molecule has 1 amide bonds. The zero-order chi connectivity index (χ0) is 20.1. The zero-order valence-electron chi connectivity index (χ0n) is 16.2. The molecule has 2 aromatic rings. The van der Waals surface area contributed by atoms with E-state index >= 15 is 0 Å². The average molecular weight is 401 g/mol. The molecule has 0 aromatic heterocycles. The van der Waals surface area contributed by atoms with Gasteiger partial charge in [-0.1, -0.05) is 12.1 Å². The van der Waals surface area contributed by atoms with Gasteiger partial charge in [0.15, 0.2) is 5.11 Å². The topological polar surface area (TPSA) is 47.6 Å². The van der Waals surface area contributed by atoms with Crippen LogP contribution in [-0.2, 0) is 4.79 Å². The van der Waals surface area contributed by atoms with Crippen molar-refractivity contribution in [1.82, 2.24) is 9.80 Å². The summed E-state index contributed by atoms with van der Waals surface area (Å²) in [5.41, 5.74) is 3.94. The second-order valence-electron chi connectivity index (χ2n) is 7.05. The third-order valence-corrected chi connectivity index (χ3v) is 5.25. The predicted octanol–water partition coefficient (Wildman–Crippen LogP) is 3.40. The molecule has 0 aliphatic carbocycles. The van der Waals surface area contributed by atoms with E-state index in [2.05, 4.69) is 46.4 Å². The maximum Gasteiger partial charge on any atom is 0.238 e. The van der Waals surface area contributed by atoms with Gasteiger partial charge in [0.2, 0.25) is 5.91 Å².